The minimum absolute atomic E-state index is 0.0590. The number of unbranched alkanes of at least 4 members (excludes halogenated alkanes) is 23. The van der Waals surface area contributed by atoms with E-state index in [9.17, 15) is 19.8 Å². The summed E-state index contributed by atoms with van der Waals surface area (Å²) in [6.07, 6.45) is 52.9. The Labute approximate surface area is 346 Å². The average Bonchev–Trinajstić information content (AvgIpc) is 3.19. The van der Waals surface area contributed by atoms with Gasteiger partial charge in [-0.05, 0) is 44.9 Å². The number of carbonyl (C=O) groups is 2. The van der Waals surface area contributed by atoms with Gasteiger partial charge in [0.1, 0.15) is 6.10 Å². The number of hydrogen-bond acceptors (Lipinski definition) is 5. The summed E-state index contributed by atoms with van der Waals surface area (Å²) in [7, 11) is 0. The SMILES string of the molecule is CC/C=C/C=C/C=C\C=C/C=C/CCCCCC(=O)OC(CCCCCCCCC)CC(=O)NC(CO)C(O)CCCCCCCCCCCCCCCCC. The number of aliphatic hydroxyl groups excluding tert-OH is 2. The van der Waals surface area contributed by atoms with E-state index in [4.69, 9.17) is 4.74 Å². The summed E-state index contributed by atoms with van der Waals surface area (Å²) < 4.78 is 5.86. The molecule has 0 aliphatic heterocycles. The van der Waals surface area contributed by atoms with Crippen LogP contribution in [-0.2, 0) is 14.3 Å². The van der Waals surface area contributed by atoms with Gasteiger partial charge in [-0.1, -0.05) is 223 Å². The molecule has 0 radical (unpaired) electrons. The fourth-order valence-electron chi connectivity index (χ4n) is 6.92. The smallest absolute Gasteiger partial charge is 0.306 e. The van der Waals surface area contributed by atoms with Crippen LogP contribution in [0.25, 0.3) is 0 Å². The first kappa shape index (κ1) is 53.6. The second-order valence-corrected chi connectivity index (χ2v) is 15.9. The second kappa shape index (κ2) is 43.7. The summed E-state index contributed by atoms with van der Waals surface area (Å²) in [6, 6.07) is -0.708. The Balaban J connectivity index is 4.47. The Kier molecular flexibility index (Phi) is 41.8. The normalized spacial score (nSPS) is 13.9. The maximum Gasteiger partial charge on any atom is 0.306 e. The van der Waals surface area contributed by atoms with Gasteiger partial charge in [0, 0.05) is 6.42 Å². The molecule has 6 heteroatoms. The van der Waals surface area contributed by atoms with E-state index < -0.39 is 18.2 Å². The van der Waals surface area contributed by atoms with Crippen molar-refractivity contribution in [2.24, 2.45) is 0 Å². The average molecular weight is 784 g/mol. The molecule has 0 aromatic carbocycles. The zero-order valence-electron chi connectivity index (χ0n) is 36.8. The lowest BCUT2D eigenvalue weighted by Gasteiger charge is -2.24. The number of esters is 1. The van der Waals surface area contributed by atoms with E-state index in [0.29, 0.717) is 19.3 Å². The van der Waals surface area contributed by atoms with E-state index in [1.165, 1.54) is 103 Å². The van der Waals surface area contributed by atoms with Gasteiger partial charge in [-0.2, -0.15) is 0 Å². The van der Waals surface area contributed by atoms with Crippen molar-refractivity contribution in [3.63, 3.8) is 0 Å². The number of rotatable bonds is 41. The summed E-state index contributed by atoms with van der Waals surface area (Å²) in [4.78, 5) is 25.9. The Hall–Kier alpha value is -2.44. The second-order valence-electron chi connectivity index (χ2n) is 15.9. The molecule has 0 aromatic heterocycles. The van der Waals surface area contributed by atoms with Crippen LogP contribution in [0.5, 0.6) is 0 Å². The molecule has 0 spiro atoms. The van der Waals surface area contributed by atoms with E-state index in [-0.39, 0.29) is 24.9 Å². The molecular weight excluding hydrogens is 695 g/mol. The quantitative estimate of drug-likeness (QED) is 0.0326. The van der Waals surface area contributed by atoms with Crippen molar-refractivity contribution in [2.75, 3.05) is 6.61 Å². The molecule has 0 fully saturated rings. The lowest BCUT2D eigenvalue weighted by atomic mass is 10.0. The zero-order chi connectivity index (χ0) is 41.0. The molecule has 0 heterocycles. The third-order valence-electron chi connectivity index (χ3n) is 10.5. The van der Waals surface area contributed by atoms with E-state index in [1.807, 2.05) is 42.5 Å². The van der Waals surface area contributed by atoms with E-state index in [0.717, 1.165) is 70.6 Å². The molecule has 3 unspecified atom stereocenters. The molecule has 0 aliphatic rings. The Morgan fingerprint density at radius 1 is 0.536 bits per heavy atom. The standard InChI is InChI=1S/C50H89NO5/c1-4-7-10-13-16-18-20-22-24-26-28-30-33-36-39-42-48(53)47(45-52)51-49(54)44-46(41-38-35-32-15-12-9-6-3)56-50(55)43-40-37-34-31-29-27-25-23-21-19-17-14-11-8-5-2/h8,11,14,17,19,21,23,25,27,29,46-48,52-53H,4-7,9-10,12-13,15-16,18,20,22,24,26,28,30-45H2,1-3H3,(H,51,54)/b11-8+,17-14+,21-19-,25-23-,29-27+. The van der Waals surface area contributed by atoms with Gasteiger partial charge in [0.05, 0.1) is 25.2 Å². The van der Waals surface area contributed by atoms with Gasteiger partial charge in [0.25, 0.3) is 0 Å². The number of hydrogen-bond donors (Lipinski definition) is 3. The van der Waals surface area contributed by atoms with Crippen molar-refractivity contribution >= 4 is 11.9 Å². The molecule has 0 aromatic rings. The number of aliphatic hydroxyl groups is 2. The predicted molar refractivity (Wildman–Crippen MR) is 241 cm³/mol. The van der Waals surface area contributed by atoms with Crippen LogP contribution in [0.1, 0.15) is 220 Å². The first-order chi connectivity index (χ1) is 27.5. The monoisotopic (exact) mass is 784 g/mol. The molecule has 0 saturated heterocycles. The van der Waals surface area contributed by atoms with E-state index in [2.05, 4.69) is 44.3 Å². The van der Waals surface area contributed by atoms with Crippen LogP contribution in [0.4, 0.5) is 0 Å². The van der Waals surface area contributed by atoms with Gasteiger partial charge < -0.3 is 20.3 Å². The van der Waals surface area contributed by atoms with Crippen molar-refractivity contribution in [2.45, 2.75) is 238 Å². The van der Waals surface area contributed by atoms with Gasteiger partial charge >= 0.3 is 5.97 Å². The number of ether oxygens (including phenoxy) is 1. The highest BCUT2D eigenvalue weighted by molar-refractivity contribution is 5.77. The molecule has 3 N–H and O–H groups in total. The van der Waals surface area contributed by atoms with Crippen LogP contribution < -0.4 is 5.32 Å². The topological polar surface area (TPSA) is 95.9 Å². The van der Waals surface area contributed by atoms with Crippen LogP contribution >= 0.6 is 0 Å². The molecule has 3 atom stereocenters. The molecule has 324 valence electrons. The molecule has 1 amide bonds. The number of allylic oxidation sites excluding steroid dienone is 10. The molecule has 0 rings (SSSR count). The summed E-state index contributed by atoms with van der Waals surface area (Å²) in [5, 5.41) is 23.6. The molecule has 0 saturated carbocycles. The number of carbonyl (C=O) groups excluding carboxylic acids is 2. The van der Waals surface area contributed by atoms with E-state index in [1.54, 1.807) is 0 Å². The van der Waals surface area contributed by atoms with Crippen molar-refractivity contribution in [1.29, 1.82) is 0 Å². The fraction of sp³-hybridized carbons (Fsp3) is 0.760. The van der Waals surface area contributed by atoms with Crippen LogP contribution in [0.2, 0.25) is 0 Å². The van der Waals surface area contributed by atoms with Gasteiger partial charge in [-0.15, -0.1) is 0 Å². The van der Waals surface area contributed by atoms with Gasteiger partial charge in [0.15, 0.2) is 0 Å². The first-order valence-corrected chi connectivity index (χ1v) is 23.6. The molecular formula is C50H89NO5. The van der Waals surface area contributed by atoms with Gasteiger partial charge in [-0.25, -0.2) is 0 Å². The number of nitrogens with one attached hydrogen (secondary N) is 1. The van der Waals surface area contributed by atoms with Crippen molar-refractivity contribution in [3.05, 3.63) is 60.8 Å². The van der Waals surface area contributed by atoms with Gasteiger partial charge in [-0.3, -0.25) is 9.59 Å². The predicted octanol–water partition coefficient (Wildman–Crippen LogP) is 13.7. The lowest BCUT2D eigenvalue weighted by Crippen LogP contribution is -2.46. The summed E-state index contributed by atoms with van der Waals surface area (Å²) in [5.74, 6) is -0.528. The first-order valence-electron chi connectivity index (χ1n) is 23.6. The Bertz CT molecular complexity index is 1010. The maximum absolute atomic E-state index is 13.1. The third kappa shape index (κ3) is 38.4. The van der Waals surface area contributed by atoms with Crippen LogP contribution in [0.15, 0.2) is 60.8 Å². The largest absolute Gasteiger partial charge is 0.462 e. The van der Waals surface area contributed by atoms with Crippen molar-refractivity contribution in [3.8, 4) is 0 Å². The van der Waals surface area contributed by atoms with Crippen molar-refractivity contribution in [1.82, 2.24) is 5.32 Å². The molecule has 6 nitrogen and oxygen atoms in total. The highest BCUT2D eigenvalue weighted by Crippen LogP contribution is 2.17. The highest BCUT2D eigenvalue weighted by atomic mass is 16.5. The highest BCUT2D eigenvalue weighted by Gasteiger charge is 2.24. The Morgan fingerprint density at radius 2 is 0.964 bits per heavy atom. The lowest BCUT2D eigenvalue weighted by molar-refractivity contribution is -0.151. The summed E-state index contributed by atoms with van der Waals surface area (Å²) in [6.45, 7) is 6.29. The zero-order valence-corrected chi connectivity index (χ0v) is 36.8. The van der Waals surface area contributed by atoms with Crippen molar-refractivity contribution < 1.29 is 24.5 Å². The third-order valence-corrected chi connectivity index (χ3v) is 10.5. The van der Waals surface area contributed by atoms with Gasteiger partial charge in [0.2, 0.25) is 5.91 Å². The molecule has 0 bridgehead atoms. The fourth-order valence-corrected chi connectivity index (χ4v) is 6.92. The van der Waals surface area contributed by atoms with Crippen LogP contribution in [0, 0.1) is 0 Å². The molecule has 0 aliphatic carbocycles. The Morgan fingerprint density at radius 3 is 1.45 bits per heavy atom. The summed E-state index contributed by atoms with van der Waals surface area (Å²) >= 11 is 0. The summed E-state index contributed by atoms with van der Waals surface area (Å²) in [5.41, 5.74) is 0. The number of amides is 1. The molecule has 56 heavy (non-hydrogen) atoms. The maximum atomic E-state index is 13.1. The van der Waals surface area contributed by atoms with Crippen LogP contribution in [-0.4, -0.2) is 46.9 Å². The minimum Gasteiger partial charge on any atom is -0.462 e. The van der Waals surface area contributed by atoms with Crippen LogP contribution in [0.3, 0.4) is 0 Å². The minimum atomic E-state index is -0.793. The van der Waals surface area contributed by atoms with E-state index >= 15 is 0 Å².